The van der Waals surface area contributed by atoms with Crippen molar-refractivity contribution >= 4 is 5.97 Å². The Hall–Kier alpha value is -1.01. The summed E-state index contributed by atoms with van der Waals surface area (Å²) < 4.78 is 44.6. The van der Waals surface area contributed by atoms with Gasteiger partial charge in [0.25, 0.3) is 0 Å². The van der Waals surface area contributed by atoms with Crippen LogP contribution in [0.3, 0.4) is 0 Å². The van der Waals surface area contributed by atoms with E-state index in [4.69, 9.17) is 33.2 Å². The van der Waals surface area contributed by atoms with E-state index in [1.54, 1.807) is 34.6 Å². The number of methoxy groups -OCH3 is 1. The van der Waals surface area contributed by atoms with Crippen LogP contribution >= 0.6 is 0 Å². The Kier molecular flexibility index (Phi) is 17.0. The van der Waals surface area contributed by atoms with Gasteiger partial charge in [0.2, 0.25) is 0 Å². The highest BCUT2D eigenvalue weighted by Crippen LogP contribution is 2.40. The van der Waals surface area contributed by atoms with E-state index in [0.29, 0.717) is 19.4 Å². The predicted molar refractivity (Wildman–Crippen MR) is 208 cm³/mol. The Morgan fingerprint density at radius 1 is 0.964 bits per heavy atom. The minimum atomic E-state index is -1.54. The molecule has 3 aliphatic rings. The van der Waals surface area contributed by atoms with Crippen molar-refractivity contribution in [2.75, 3.05) is 34.8 Å². The van der Waals surface area contributed by atoms with Crippen LogP contribution in [0.5, 0.6) is 0 Å². The third-order valence-corrected chi connectivity index (χ3v) is 12.7. The molecule has 0 aromatic carbocycles. The molecule has 18 atom stereocenters. The van der Waals surface area contributed by atoms with Gasteiger partial charge in [0.05, 0.1) is 47.6 Å². The molecule has 0 aliphatic carbocycles. The van der Waals surface area contributed by atoms with Gasteiger partial charge in [-0.3, -0.25) is 4.79 Å². The van der Waals surface area contributed by atoms with Crippen LogP contribution in [0.4, 0.5) is 0 Å². The SMILES string of the molecule is CCC1OC(=O)C(C)C(OC2CC(C)(OC)C(O)C(C)O2)C(C)C(OC2OC(C)CC(N(C)C)C2O)C(C)(O)CC(C)CN(C)C(C)C(O)C1(C)OC(C)C. The molecular weight excluding hydrogens is 712 g/mol. The van der Waals surface area contributed by atoms with Crippen LogP contribution in [0, 0.1) is 17.8 Å². The molecule has 18 unspecified atom stereocenters. The Balaban J connectivity index is 2.22. The first-order chi connectivity index (χ1) is 25.3. The van der Waals surface area contributed by atoms with Crippen LogP contribution in [-0.4, -0.2) is 167 Å². The topological polar surface area (TPSA) is 169 Å². The molecule has 0 spiro atoms. The number of carbonyl (C=O) groups is 1. The predicted octanol–water partition coefficient (Wildman–Crippen LogP) is 3.33. The Labute approximate surface area is 331 Å². The Morgan fingerprint density at radius 2 is 1.58 bits per heavy atom. The van der Waals surface area contributed by atoms with Crippen LogP contribution in [0.15, 0.2) is 0 Å². The van der Waals surface area contributed by atoms with E-state index in [9.17, 15) is 25.2 Å². The Morgan fingerprint density at radius 3 is 2.13 bits per heavy atom. The fraction of sp³-hybridized carbons (Fsp3) is 0.976. The summed E-state index contributed by atoms with van der Waals surface area (Å²) in [5.41, 5.74) is -3.82. The number of esters is 1. The summed E-state index contributed by atoms with van der Waals surface area (Å²) in [7, 11) is 7.25. The second-order valence-corrected chi connectivity index (χ2v) is 18.3. The highest BCUT2D eigenvalue weighted by molar-refractivity contribution is 5.73. The zero-order valence-electron chi connectivity index (χ0n) is 36.7. The maximum absolute atomic E-state index is 14.5. The molecule has 3 fully saturated rings. The summed E-state index contributed by atoms with van der Waals surface area (Å²) in [6, 6.07) is -0.680. The van der Waals surface area contributed by atoms with Gasteiger partial charge >= 0.3 is 5.97 Å². The summed E-state index contributed by atoms with van der Waals surface area (Å²) in [5.74, 6) is -2.38. The fourth-order valence-electron chi connectivity index (χ4n) is 9.37. The van der Waals surface area contributed by atoms with E-state index in [2.05, 4.69) is 0 Å². The van der Waals surface area contributed by atoms with Gasteiger partial charge < -0.3 is 63.4 Å². The lowest BCUT2D eigenvalue weighted by molar-refractivity contribution is -0.318. The van der Waals surface area contributed by atoms with Gasteiger partial charge in [-0.2, -0.15) is 0 Å². The average molecular weight is 791 g/mol. The van der Waals surface area contributed by atoms with E-state index >= 15 is 0 Å². The van der Waals surface area contributed by atoms with Gasteiger partial charge in [-0.25, -0.2) is 0 Å². The van der Waals surface area contributed by atoms with Gasteiger partial charge in [0, 0.05) is 38.1 Å². The fourth-order valence-corrected chi connectivity index (χ4v) is 9.37. The highest BCUT2D eigenvalue weighted by atomic mass is 16.7. The molecule has 0 radical (unpaired) electrons. The molecule has 0 amide bonds. The van der Waals surface area contributed by atoms with Crippen LogP contribution in [0.2, 0.25) is 0 Å². The molecule has 14 heteroatoms. The molecular formula is C41H78N2O12. The molecule has 324 valence electrons. The van der Waals surface area contributed by atoms with Crippen molar-refractivity contribution in [3.8, 4) is 0 Å². The molecule has 0 bridgehead atoms. The van der Waals surface area contributed by atoms with Crippen molar-refractivity contribution in [1.29, 1.82) is 0 Å². The van der Waals surface area contributed by atoms with E-state index in [-0.39, 0.29) is 37.0 Å². The van der Waals surface area contributed by atoms with E-state index < -0.39 is 96.0 Å². The lowest BCUT2D eigenvalue weighted by Crippen LogP contribution is -2.61. The normalized spacial score (nSPS) is 47.7. The quantitative estimate of drug-likeness (QED) is 0.251. The van der Waals surface area contributed by atoms with Gasteiger partial charge in [0.15, 0.2) is 12.6 Å². The summed E-state index contributed by atoms with van der Waals surface area (Å²) in [5, 5.41) is 47.3. The maximum atomic E-state index is 14.5. The van der Waals surface area contributed by atoms with Gasteiger partial charge in [0.1, 0.15) is 30.0 Å². The number of ether oxygens (including phenoxy) is 7. The molecule has 0 aromatic rings. The third kappa shape index (κ3) is 11.2. The summed E-state index contributed by atoms with van der Waals surface area (Å²) in [6.07, 6.45) is -7.70. The van der Waals surface area contributed by atoms with Crippen molar-refractivity contribution in [2.24, 2.45) is 17.8 Å². The first kappa shape index (κ1) is 48.4. The molecule has 3 rings (SSSR count). The smallest absolute Gasteiger partial charge is 0.311 e. The molecule has 3 aliphatic heterocycles. The van der Waals surface area contributed by atoms with Crippen molar-refractivity contribution in [3.05, 3.63) is 0 Å². The summed E-state index contributed by atoms with van der Waals surface area (Å²) in [4.78, 5) is 18.5. The second kappa shape index (κ2) is 19.4. The standard InChI is InChI=1S/C41H78N2O12/c1-17-30-41(12,55-22(2)3)34(45)27(8)43(15)21-23(4)19-39(10,48)36(54-38-32(44)29(42(13)14)18-24(5)50-38)25(6)33(26(7)37(47)52-30)53-31-20-40(11,49-16)35(46)28(9)51-31/h22-36,38,44-46,48H,17-21H2,1-16H3. The maximum Gasteiger partial charge on any atom is 0.311 e. The second-order valence-electron chi connectivity index (χ2n) is 18.3. The minimum Gasteiger partial charge on any atom is -0.459 e. The molecule has 0 aromatic heterocycles. The van der Waals surface area contributed by atoms with E-state index in [1.165, 1.54) is 7.11 Å². The van der Waals surface area contributed by atoms with Gasteiger partial charge in [-0.05, 0) is 109 Å². The largest absolute Gasteiger partial charge is 0.459 e. The molecule has 0 saturated carbocycles. The lowest BCUT2D eigenvalue weighted by Gasteiger charge is -2.48. The number of aliphatic hydroxyl groups excluding tert-OH is 3. The monoisotopic (exact) mass is 791 g/mol. The van der Waals surface area contributed by atoms with Crippen LogP contribution in [-0.2, 0) is 38.0 Å². The Bertz CT molecular complexity index is 1210. The molecule has 3 saturated heterocycles. The number of cyclic esters (lactones) is 1. The van der Waals surface area contributed by atoms with Crippen molar-refractivity contribution in [2.45, 2.75) is 205 Å². The number of likely N-dealkylation sites (N-methyl/N-ethyl adjacent to an activating group) is 2. The number of hydrogen-bond acceptors (Lipinski definition) is 14. The van der Waals surface area contributed by atoms with Crippen LogP contribution < -0.4 is 0 Å². The number of hydrogen-bond donors (Lipinski definition) is 4. The zero-order chi connectivity index (χ0) is 42.0. The lowest BCUT2D eigenvalue weighted by atomic mass is 9.77. The highest BCUT2D eigenvalue weighted by Gasteiger charge is 2.53. The number of nitrogens with zero attached hydrogens (tertiary/aromatic N) is 2. The van der Waals surface area contributed by atoms with Gasteiger partial charge in [-0.15, -0.1) is 0 Å². The van der Waals surface area contributed by atoms with Crippen molar-refractivity contribution in [3.63, 3.8) is 0 Å². The zero-order valence-corrected chi connectivity index (χ0v) is 36.7. The minimum absolute atomic E-state index is 0.107. The average Bonchev–Trinajstić information content (AvgIpc) is 3.09. The van der Waals surface area contributed by atoms with Crippen LogP contribution in [0.1, 0.15) is 109 Å². The number of rotatable bonds is 9. The number of carbonyl (C=O) groups excluding carboxylic acids is 1. The number of aliphatic hydroxyl groups is 4. The van der Waals surface area contributed by atoms with Crippen LogP contribution in [0.25, 0.3) is 0 Å². The molecule has 14 nitrogen and oxygen atoms in total. The first-order valence-corrected chi connectivity index (χ1v) is 20.5. The molecule has 4 N–H and O–H groups in total. The molecule has 3 heterocycles. The van der Waals surface area contributed by atoms with E-state index in [1.807, 2.05) is 79.4 Å². The molecule has 55 heavy (non-hydrogen) atoms. The van der Waals surface area contributed by atoms with Crippen molar-refractivity contribution in [1.82, 2.24) is 9.80 Å². The van der Waals surface area contributed by atoms with E-state index in [0.717, 1.165) is 0 Å². The summed E-state index contributed by atoms with van der Waals surface area (Å²) in [6.45, 7) is 22.7. The van der Waals surface area contributed by atoms with Gasteiger partial charge in [-0.1, -0.05) is 20.8 Å². The first-order valence-electron chi connectivity index (χ1n) is 20.5. The summed E-state index contributed by atoms with van der Waals surface area (Å²) >= 11 is 0. The van der Waals surface area contributed by atoms with Crippen molar-refractivity contribution < 1.29 is 58.4 Å². The third-order valence-electron chi connectivity index (χ3n) is 12.7.